The lowest BCUT2D eigenvalue weighted by molar-refractivity contribution is 0.0159. The fourth-order valence-electron chi connectivity index (χ4n) is 6.37. The van der Waals surface area contributed by atoms with Crippen LogP contribution in [-0.2, 0) is 14.8 Å². The van der Waals surface area contributed by atoms with Crippen molar-refractivity contribution in [2.24, 2.45) is 0 Å². The zero-order valence-electron chi connectivity index (χ0n) is 27.8. The first kappa shape index (κ1) is 34.6. The minimum atomic E-state index is -3.85. The molecule has 0 unspecified atom stereocenters. The van der Waals surface area contributed by atoms with Crippen LogP contribution in [0.4, 0.5) is 25.0 Å². The lowest BCUT2D eigenvalue weighted by atomic mass is 10.0. The van der Waals surface area contributed by atoms with E-state index >= 15 is 8.78 Å². The van der Waals surface area contributed by atoms with Crippen LogP contribution < -0.4 is 9.62 Å². The van der Waals surface area contributed by atoms with Gasteiger partial charge >= 0.3 is 6.09 Å². The van der Waals surface area contributed by atoms with Crippen molar-refractivity contribution in [2.45, 2.75) is 70.3 Å². The molecule has 1 aliphatic heterocycles. The van der Waals surface area contributed by atoms with Gasteiger partial charge in [0, 0.05) is 71.7 Å². The van der Waals surface area contributed by atoms with Gasteiger partial charge in [-0.15, -0.1) is 0 Å². The fourth-order valence-corrected chi connectivity index (χ4v) is 8.17. The summed E-state index contributed by atoms with van der Waals surface area (Å²) in [6, 6.07) is 10.6. The van der Waals surface area contributed by atoms with Crippen molar-refractivity contribution in [2.75, 3.05) is 29.3 Å². The molecule has 1 aliphatic carbocycles. The molecule has 49 heavy (non-hydrogen) atoms. The van der Waals surface area contributed by atoms with E-state index in [1.165, 1.54) is 29.1 Å². The lowest BCUT2D eigenvalue weighted by Gasteiger charge is -2.41. The van der Waals surface area contributed by atoms with Crippen molar-refractivity contribution in [3.63, 3.8) is 0 Å². The third-order valence-corrected chi connectivity index (χ3v) is 10.9. The summed E-state index contributed by atoms with van der Waals surface area (Å²) in [5.41, 5.74) is 1.08. The molecule has 1 atom stereocenters. The lowest BCUT2D eigenvalue weighted by Crippen LogP contribution is -2.55. The highest BCUT2D eigenvalue weighted by Gasteiger charge is 2.32. The van der Waals surface area contributed by atoms with E-state index in [2.05, 4.69) is 14.8 Å². The number of pyridine rings is 1. The summed E-state index contributed by atoms with van der Waals surface area (Å²) in [7, 11) is -3.85. The molecule has 0 bridgehead atoms. The van der Waals surface area contributed by atoms with Crippen LogP contribution in [0.5, 0.6) is 0 Å². The molecule has 6 rings (SSSR count). The molecule has 2 aromatic heterocycles. The van der Waals surface area contributed by atoms with Crippen LogP contribution in [0.1, 0.15) is 53.4 Å². The fraction of sp³-hybridized carbons (Fsp3) is 0.400. The maximum Gasteiger partial charge on any atom is 0.410 e. The number of halogens is 3. The van der Waals surface area contributed by atoms with Gasteiger partial charge in [0.2, 0.25) is 10.0 Å². The minimum absolute atomic E-state index is 0.00329. The van der Waals surface area contributed by atoms with E-state index in [1.807, 2.05) is 32.6 Å². The summed E-state index contributed by atoms with van der Waals surface area (Å²) in [5, 5.41) is 4.18. The molecule has 2 fully saturated rings. The van der Waals surface area contributed by atoms with Crippen molar-refractivity contribution in [3.05, 3.63) is 77.7 Å². The van der Waals surface area contributed by atoms with E-state index < -0.39 is 32.5 Å². The molecule has 10 nitrogen and oxygen atoms in total. The van der Waals surface area contributed by atoms with E-state index in [0.29, 0.717) is 49.4 Å². The number of ether oxygens (including phenoxy) is 1. The Morgan fingerprint density at radius 3 is 2.39 bits per heavy atom. The second kappa shape index (κ2) is 13.6. The van der Waals surface area contributed by atoms with E-state index in [-0.39, 0.29) is 39.7 Å². The zero-order chi connectivity index (χ0) is 35.1. The van der Waals surface area contributed by atoms with Crippen LogP contribution in [0, 0.1) is 11.6 Å². The highest BCUT2D eigenvalue weighted by Crippen LogP contribution is 2.39. The Balaban J connectivity index is 1.32. The average molecular weight is 713 g/mol. The Hall–Kier alpha value is -4.23. The molecule has 1 N–H and O–H groups in total. The molecule has 2 aromatic carbocycles. The van der Waals surface area contributed by atoms with Gasteiger partial charge in [-0.3, -0.25) is 9.71 Å². The molecule has 14 heteroatoms. The largest absolute Gasteiger partial charge is 0.444 e. The molecule has 4 aromatic rings. The van der Waals surface area contributed by atoms with Crippen LogP contribution in [0.3, 0.4) is 0 Å². The monoisotopic (exact) mass is 712 g/mol. The van der Waals surface area contributed by atoms with Gasteiger partial charge in [-0.1, -0.05) is 24.4 Å². The second-order valence-electron chi connectivity index (χ2n) is 13.5. The van der Waals surface area contributed by atoms with Crippen molar-refractivity contribution < 1.29 is 26.7 Å². The van der Waals surface area contributed by atoms with Crippen LogP contribution in [-0.4, -0.2) is 70.7 Å². The van der Waals surface area contributed by atoms with Gasteiger partial charge in [-0.25, -0.2) is 26.7 Å². The van der Waals surface area contributed by atoms with Crippen LogP contribution in [0.15, 0.2) is 61.1 Å². The number of amides is 1. The van der Waals surface area contributed by atoms with Gasteiger partial charge in [0.15, 0.2) is 11.6 Å². The Morgan fingerprint density at radius 1 is 1.02 bits per heavy atom. The number of carbonyl (C=O) groups excluding carboxylic acids is 1. The Morgan fingerprint density at radius 2 is 1.73 bits per heavy atom. The van der Waals surface area contributed by atoms with Gasteiger partial charge in [0.25, 0.3) is 0 Å². The van der Waals surface area contributed by atoms with Crippen LogP contribution >= 0.6 is 11.6 Å². The maximum absolute atomic E-state index is 16.2. The number of hydrogen-bond acceptors (Lipinski definition) is 7. The quantitative estimate of drug-likeness (QED) is 0.210. The maximum atomic E-state index is 16.2. The molecule has 3 heterocycles. The summed E-state index contributed by atoms with van der Waals surface area (Å²) in [6.07, 6.45) is 6.85. The number of hydrogen-bond donors (Lipinski definition) is 1. The molecule has 1 amide bonds. The second-order valence-corrected chi connectivity index (χ2v) is 15.9. The van der Waals surface area contributed by atoms with Gasteiger partial charge in [-0.05, 0) is 83.0 Å². The molecule has 1 saturated heterocycles. The topological polar surface area (TPSA) is 110 Å². The van der Waals surface area contributed by atoms with Crippen LogP contribution in [0.25, 0.3) is 28.1 Å². The molecule has 2 aliphatic rings. The van der Waals surface area contributed by atoms with Crippen molar-refractivity contribution in [1.29, 1.82) is 0 Å². The SMILES string of the molecule is C[C@@H]1CN(c2ccc(-n3cc(-c4cc(Cl)cc(NS(=O)(=O)C5CCCC5)c4F)c(-c4ccncc4)n3)c(F)c2)CCN1C(=O)OC(C)(C)C. The highest BCUT2D eigenvalue weighted by molar-refractivity contribution is 7.93. The molecule has 0 radical (unpaired) electrons. The molecule has 1 saturated carbocycles. The first-order valence-electron chi connectivity index (χ1n) is 16.3. The van der Waals surface area contributed by atoms with Crippen molar-refractivity contribution in [3.8, 4) is 28.1 Å². The summed E-state index contributed by atoms with van der Waals surface area (Å²) < 4.78 is 67.6. The highest BCUT2D eigenvalue weighted by atomic mass is 35.5. The Kier molecular flexibility index (Phi) is 9.60. The molecule has 0 spiro atoms. The molecular weight excluding hydrogens is 674 g/mol. The van der Waals surface area contributed by atoms with E-state index in [4.69, 9.17) is 16.3 Å². The number of anilines is 2. The normalized spacial score (nSPS) is 17.4. The average Bonchev–Trinajstić information content (AvgIpc) is 3.74. The molecular formula is C35H39ClF2N6O4S. The number of benzene rings is 2. The standard InChI is InChI=1S/C35H39ClF2N6O4S/c1-22-20-42(15-16-43(22)34(45)48-35(2,3)4)25-9-10-31(29(37)19-25)44-21-28(33(40-44)23-11-13-39-14-12-23)27-17-24(36)18-30(32(27)38)41-49(46,47)26-7-5-6-8-26/h9-14,17-19,21-22,26,41H,5-8,15-16,20H2,1-4H3/t22-/m1/s1. The number of aromatic nitrogens is 3. The number of rotatable bonds is 7. The predicted molar refractivity (Wildman–Crippen MR) is 187 cm³/mol. The van der Waals surface area contributed by atoms with Crippen molar-refractivity contribution in [1.82, 2.24) is 19.7 Å². The summed E-state index contributed by atoms with van der Waals surface area (Å²) in [5.74, 6) is -1.39. The number of piperazine rings is 1. The first-order valence-corrected chi connectivity index (χ1v) is 18.2. The number of sulfonamides is 1. The molecule has 260 valence electrons. The predicted octanol–water partition coefficient (Wildman–Crippen LogP) is 7.66. The smallest absolute Gasteiger partial charge is 0.410 e. The summed E-state index contributed by atoms with van der Waals surface area (Å²) in [4.78, 5) is 20.4. The van der Waals surface area contributed by atoms with Crippen LogP contribution in [0.2, 0.25) is 5.02 Å². The van der Waals surface area contributed by atoms with Gasteiger partial charge in [0.1, 0.15) is 17.0 Å². The van der Waals surface area contributed by atoms with Gasteiger partial charge in [-0.2, -0.15) is 5.10 Å². The van der Waals surface area contributed by atoms with E-state index in [0.717, 1.165) is 12.8 Å². The summed E-state index contributed by atoms with van der Waals surface area (Å²) >= 11 is 6.43. The van der Waals surface area contributed by atoms with E-state index in [9.17, 15) is 13.2 Å². The zero-order valence-corrected chi connectivity index (χ0v) is 29.4. The van der Waals surface area contributed by atoms with Gasteiger partial charge < -0.3 is 14.5 Å². The Labute approximate surface area is 290 Å². The minimum Gasteiger partial charge on any atom is -0.444 e. The number of nitrogens with zero attached hydrogens (tertiary/aromatic N) is 5. The van der Waals surface area contributed by atoms with Gasteiger partial charge in [0.05, 0.1) is 10.9 Å². The van der Waals surface area contributed by atoms with Crippen molar-refractivity contribution >= 4 is 39.1 Å². The number of carbonyl (C=O) groups is 1. The third kappa shape index (κ3) is 7.52. The summed E-state index contributed by atoms with van der Waals surface area (Å²) in [6.45, 7) is 8.78. The van der Waals surface area contributed by atoms with E-state index in [1.54, 1.807) is 41.6 Å². The Bertz CT molecular complexity index is 1960. The first-order chi connectivity index (χ1) is 23.2. The third-order valence-electron chi connectivity index (χ3n) is 8.79. The number of nitrogens with one attached hydrogen (secondary N) is 1.